The highest BCUT2D eigenvalue weighted by Crippen LogP contribution is 2.31. The SMILES string of the molecule is COc1ccc2cnc(-n3ccc(C(F)(F)F)n3)nc2c1Cl. The van der Waals surface area contributed by atoms with Crippen molar-refractivity contribution in [1.82, 2.24) is 19.7 Å². The van der Waals surface area contributed by atoms with Crippen LogP contribution in [0.1, 0.15) is 5.69 Å². The predicted octanol–water partition coefficient (Wildman–Crippen LogP) is 3.50. The van der Waals surface area contributed by atoms with Gasteiger partial charge in [-0.3, -0.25) is 0 Å². The molecule has 0 atom stereocenters. The summed E-state index contributed by atoms with van der Waals surface area (Å²) in [6, 6.07) is 4.21. The molecule has 0 unspecified atom stereocenters. The Morgan fingerprint density at radius 3 is 2.64 bits per heavy atom. The Hall–Kier alpha value is -2.35. The van der Waals surface area contributed by atoms with Crippen LogP contribution >= 0.6 is 11.6 Å². The van der Waals surface area contributed by atoms with E-state index in [-0.39, 0.29) is 11.0 Å². The zero-order valence-electron chi connectivity index (χ0n) is 11.1. The zero-order chi connectivity index (χ0) is 15.9. The number of aromatic nitrogens is 4. The fourth-order valence-electron chi connectivity index (χ4n) is 1.89. The molecule has 3 aromatic rings. The van der Waals surface area contributed by atoms with Crippen LogP contribution in [-0.2, 0) is 6.18 Å². The van der Waals surface area contributed by atoms with Crippen molar-refractivity contribution in [3.05, 3.63) is 41.3 Å². The van der Waals surface area contributed by atoms with Gasteiger partial charge in [0.1, 0.15) is 10.8 Å². The van der Waals surface area contributed by atoms with Crippen LogP contribution in [0.15, 0.2) is 30.6 Å². The number of halogens is 4. The molecule has 9 heteroatoms. The summed E-state index contributed by atoms with van der Waals surface area (Å²) < 4.78 is 43.8. The number of benzene rings is 1. The number of hydrogen-bond acceptors (Lipinski definition) is 4. The summed E-state index contributed by atoms with van der Waals surface area (Å²) in [5, 5.41) is 4.32. The number of methoxy groups -OCH3 is 1. The van der Waals surface area contributed by atoms with E-state index in [2.05, 4.69) is 15.1 Å². The Bertz CT molecular complexity index is 847. The average molecular weight is 329 g/mol. The smallest absolute Gasteiger partial charge is 0.435 e. The third-order valence-corrected chi connectivity index (χ3v) is 3.31. The maximum absolute atomic E-state index is 12.6. The average Bonchev–Trinajstić information content (AvgIpc) is 2.97. The fraction of sp³-hybridized carbons (Fsp3) is 0.154. The van der Waals surface area contributed by atoms with Gasteiger partial charge in [0.15, 0.2) is 5.69 Å². The van der Waals surface area contributed by atoms with Crippen LogP contribution in [0, 0.1) is 0 Å². The minimum atomic E-state index is -4.52. The molecule has 0 bridgehead atoms. The Balaban J connectivity index is 2.12. The monoisotopic (exact) mass is 328 g/mol. The molecular formula is C13H8ClF3N4O. The van der Waals surface area contributed by atoms with Gasteiger partial charge >= 0.3 is 6.18 Å². The summed E-state index contributed by atoms with van der Waals surface area (Å²) in [6.07, 6.45) is -1.93. The highest BCUT2D eigenvalue weighted by molar-refractivity contribution is 6.36. The van der Waals surface area contributed by atoms with E-state index in [1.807, 2.05) is 0 Å². The molecule has 1 aromatic carbocycles. The zero-order valence-corrected chi connectivity index (χ0v) is 11.9. The maximum atomic E-state index is 12.6. The lowest BCUT2D eigenvalue weighted by molar-refractivity contribution is -0.141. The summed E-state index contributed by atoms with van der Waals surface area (Å²) in [5.74, 6) is 0.397. The largest absolute Gasteiger partial charge is 0.495 e. The van der Waals surface area contributed by atoms with E-state index < -0.39 is 11.9 Å². The molecule has 2 aromatic heterocycles. The van der Waals surface area contributed by atoms with Gasteiger partial charge in [-0.25, -0.2) is 14.6 Å². The number of fused-ring (bicyclic) bond motifs is 1. The highest BCUT2D eigenvalue weighted by atomic mass is 35.5. The first-order chi connectivity index (χ1) is 10.4. The van der Waals surface area contributed by atoms with Crippen LogP contribution in [-0.4, -0.2) is 26.9 Å². The number of nitrogens with zero attached hydrogens (tertiary/aromatic N) is 4. The topological polar surface area (TPSA) is 52.8 Å². The van der Waals surface area contributed by atoms with Crippen molar-refractivity contribution in [3.8, 4) is 11.7 Å². The number of alkyl halides is 3. The van der Waals surface area contributed by atoms with E-state index in [1.54, 1.807) is 12.1 Å². The number of ether oxygens (including phenoxy) is 1. The Morgan fingerprint density at radius 2 is 2.00 bits per heavy atom. The van der Waals surface area contributed by atoms with Gasteiger partial charge in [-0.1, -0.05) is 11.6 Å². The summed E-state index contributed by atoms with van der Waals surface area (Å²) in [4.78, 5) is 8.15. The molecule has 0 radical (unpaired) electrons. The molecule has 0 aliphatic carbocycles. The summed E-state index contributed by atoms with van der Waals surface area (Å²) in [6.45, 7) is 0. The normalized spacial score (nSPS) is 11.9. The summed E-state index contributed by atoms with van der Waals surface area (Å²) >= 11 is 6.15. The van der Waals surface area contributed by atoms with Crippen molar-refractivity contribution in [2.75, 3.05) is 7.11 Å². The molecule has 0 saturated carbocycles. The molecule has 0 aliphatic heterocycles. The number of hydrogen-bond donors (Lipinski definition) is 0. The summed E-state index contributed by atoms with van der Waals surface area (Å²) in [5.41, 5.74) is -0.650. The molecule has 3 rings (SSSR count). The van der Waals surface area contributed by atoms with Crippen LogP contribution < -0.4 is 4.74 Å². The molecular weight excluding hydrogens is 321 g/mol. The van der Waals surface area contributed by atoms with E-state index in [4.69, 9.17) is 16.3 Å². The van der Waals surface area contributed by atoms with Crippen molar-refractivity contribution in [1.29, 1.82) is 0 Å². The van der Waals surface area contributed by atoms with Gasteiger partial charge in [-0.05, 0) is 18.2 Å². The van der Waals surface area contributed by atoms with Gasteiger partial charge in [0.25, 0.3) is 5.95 Å². The van der Waals surface area contributed by atoms with Crippen LogP contribution in [0.2, 0.25) is 5.02 Å². The molecule has 0 aliphatic rings. The lowest BCUT2D eigenvalue weighted by Gasteiger charge is -2.07. The molecule has 0 amide bonds. The van der Waals surface area contributed by atoms with Crippen LogP contribution in [0.4, 0.5) is 13.2 Å². The van der Waals surface area contributed by atoms with Gasteiger partial charge < -0.3 is 4.74 Å². The molecule has 0 fully saturated rings. The van der Waals surface area contributed by atoms with Crippen molar-refractivity contribution in [2.45, 2.75) is 6.18 Å². The third kappa shape index (κ3) is 2.45. The van der Waals surface area contributed by atoms with Crippen LogP contribution in [0.3, 0.4) is 0 Å². The van der Waals surface area contributed by atoms with Gasteiger partial charge in [0.2, 0.25) is 0 Å². The quantitative estimate of drug-likeness (QED) is 0.722. The lowest BCUT2D eigenvalue weighted by atomic mass is 10.2. The minimum Gasteiger partial charge on any atom is -0.495 e. The minimum absolute atomic E-state index is 0.0156. The first-order valence-electron chi connectivity index (χ1n) is 6.02. The number of rotatable bonds is 2. The molecule has 0 spiro atoms. The molecule has 22 heavy (non-hydrogen) atoms. The van der Waals surface area contributed by atoms with Gasteiger partial charge in [-0.15, -0.1) is 0 Å². The fourth-order valence-corrected chi connectivity index (χ4v) is 2.18. The molecule has 5 nitrogen and oxygen atoms in total. The van der Waals surface area contributed by atoms with E-state index in [0.717, 1.165) is 16.9 Å². The summed E-state index contributed by atoms with van der Waals surface area (Å²) in [7, 11) is 1.46. The second-order valence-electron chi connectivity index (χ2n) is 4.33. The Labute approximate surface area is 127 Å². The third-order valence-electron chi connectivity index (χ3n) is 2.95. The molecule has 114 valence electrons. The van der Waals surface area contributed by atoms with Crippen molar-refractivity contribution in [3.63, 3.8) is 0 Å². The van der Waals surface area contributed by atoms with E-state index in [1.165, 1.54) is 13.3 Å². The van der Waals surface area contributed by atoms with E-state index in [9.17, 15) is 13.2 Å². The van der Waals surface area contributed by atoms with Crippen molar-refractivity contribution in [2.24, 2.45) is 0 Å². The van der Waals surface area contributed by atoms with Gasteiger partial charge in [0.05, 0.1) is 12.6 Å². The molecule has 2 heterocycles. The first-order valence-corrected chi connectivity index (χ1v) is 6.40. The van der Waals surface area contributed by atoms with Crippen LogP contribution in [0.25, 0.3) is 16.9 Å². The second kappa shape index (κ2) is 5.13. The lowest BCUT2D eigenvalue weighted by Crippen LogP contribution is -2.08. The predicted molar refractivity (Wildman–Crippen MR) is 73.2 cm³/mol. The highest BCUT2D eigenvalue weighted by Gasteiger charge is 2.33. The maximum Gasteiger partial charge on any atom is 0.435 e. The standard InChI is InChI=1S/C13H8ClF3N4O/c1-22-8-3-2-7-6-18-12(19-11(7)10(8)14)21-5-4-9(20-21)13(15,16)17/h2-6H,1H3. The van der Waals surface area contributed by atoms with Crippen molar-refractivity contribution < 1.29 is 17.9 Å². The Morgan fingerprint density at radius 1 is 1.23 bits per heavy atom. The molecule has 0 saturated heterocycles. The van der Waals surface area contributed by atoms with Gasteiger partial charge in [-0.2, -0.15) is 18.3 Å². The van der Waals surface area contributed by atoms with E-state index in [0.29, 0.717) is 16.7 Å². The van der Waals surface area contributed by atoms with Crippen LogP contribution in [0.5, 0.6) is 5.75 Å². The first kappa shape index (κ1) is 14.6. The van der Waals surface area contributed by atoms with Gasteiger partial charge in [0, 0.05) is 17.8 Å². The van der Waals surface area contributed by atoms with E-state index >= 15 is 0 Å². The Kier molecular flexibility index (Phi) is 3.40. The second-order valence-corrected chi connectivity index (χ2v) is 4.71. The van der Waals surface area contributed by atoms with Crippen molar-refractivity contribution >= 4 is 22.5 Å². The molecule has 0 N–H and O–H groups in total.